The van der Waals surface area contributed by atoms with Gasteiger partial charge in [-0.2, -0.15) is 0 Å². The van der Waals surface area contributed by atoms with Gasteiger partial charge in [0.15, 0.2) is 0 Å². The van der Waals surface area contributed by atoms with Gasteiger partial charge in [0.25, 0.3) is 0 Å². The van der Waals surface area contributed by atoms with Crippen molar-refractivity contribution in [2.45, 2.75) is 32.6 Å². The number of amides is 2. The zero-order chi connectivity index (χ0) is 25.5. The highest BCUT2D eigenvalue weighted by Gasteiger charge is 2.68. The Morgan fingerprint density at radius 1 is 0.757 bits per heavy atom. The van der Waals surface area contributed by atoms with E-state index in [1.807, 2.05) is 81.4 Å². The molecule has 4 aliphatic rings. The van der Waals surface area contributed by atoms with E-state index in [0.29, 0.717) is 11.4 Å². The highest BCUT2D eigenvalue weighted by atomic mass is 16.5. The van der Waals surface area contributed by atoms with E-state index in [4.69, 9.17) is 4.74 Å². The minimum Gasteiger partial charge on any atom is -0.457 e. The summed E-state index contributed by atoms with van der Waals surface area (Å²) in [5.41, 5.74) is 6.62. The molecule has 2 amide bonds. The van der Waals surface area contributed by atoms with Crippen molar-refractivity contribution in [1.29, 1.82) is 0 Å². The van der Waals surface area contributed by atoms with Crippen LogP contribution < -0.4 is 9.64 Å². The van der Waals surface area contributed by atoms with Crippen molar-refractivity contribution in [1.82, 2.24) is 0 Å². The molecule has 2 bridgehead atoms. The lowest BCUT2D eigenvalue weighted by atomic mass is 9.48. The van der Waals surface area contributed by atoms with E-state index in [1.54, 1.807) is 0 Å². The number of carbonyl (C=O) groups excluding carboxylic acids is 2. The molecule has 182 valence electrons. The third-order valence-electron chi connectivity index (χ3n) is 8.68. The highest BCUT2D eigenvalue weighted by molar-refractivity contribution is 6.25. The van der Waals surface area contributed by atoms with Crippen molar-refractivity contribution in [3.05, 3.63) is 124 Å². The number of hydrogen-bond donors (Lipinski definition) is 0. The molecule has 0 N–H and O–H groups in total. The van der Waals surface area contributed by atoms with Crippen LogP contribution in [0.15, 0.2) is 91.0 Å². The molecule has 1 heterocycles. The maximum Gasteiger partial charge on any atom is 0.241 e. The van der Waals surface area contributed by atoms with E-state index in [-0.39, 0.29) is 23.7 Å². The molecule has 3 aliphatic carbocycles. The minimum absolute atomic E-state index is 0.116. The van der Waals surface area contributed by atoms with Gasteiger partial charge in [-0.15, -0.1) is 0 Å². The standard InChI is InChI=1S/C33H27NO3/c1-19-12-13-20(2)27(18-19)37-22-16-14-21(15-17-22)34-31(35)30-28-23-8-4-6-10-25(23)29(33(30,3)32(34)36)26-11-7-5-9-24(26)28/h4-18,28-30H,1-3H3. The van der Waals surface area contributed by atoms with Gasteiger partial charge in [0.05, 0.1) is 17.0 Å². The van der Waals surface area contributed by atoms with Crippen LogP contribution in [0.1, 0.15) is 52.1 Å². The molecule has 1 fully saturated rings. The molecule has 0 spiro atoms. The average Bonchev–Trinajstić information content (AvgIpc) is 3.12. The maximum absolute atomic E-state index is 14.2. The first-order chi connectivity index (χ1) is 17.9. The normalized spacial score (nSPS) is 25.1. The van der Waals surface area contributed by atoms with E-state index in [9.17, 15) is 9.59 Å². The molecule has 37 heavy (non-hydrogen) atoms. The van der Waals surface area contributed by atoms with Crippen LogP contribution in [0.4, 0.5) is 5.69 Å². The van der Waals surface area contributed by atoms with E-state index < -0.39 is 11.3 Å². The molecular formula is C33H27NO3. The van der Waals surface area contributed by atoms with Crippen LogP contribution in [0.2, 0.25) is 0 Å². The van der Waals surface area contributed by atoms with Gasteiger partial charge in [-0.3, -0.25) is 9.59 Å². The number of nitrogens with zero attached hydrogens (tertiary/aromatic N) is 1. The first-order valence-corrected chi connectivity index (χ1v) is 12.8. The van der Waals surface area contributed by atoms with Gasteiger partial charge in [0.1, 0.15) is 11.5 Å². The smallest absolute Gasteiger partial charge is 0.241 e. The molecule has 2 atom stereocenters. The van der Waals surface area contributed by atoms with E-state index in [0.717, 1.165) is 16.9 Å². The molecule has 1 aliphatic heterocycles. The lowest BCUT2D eigenvalue weighted by molar-refractivity contribution is -0.128. The molecule has 0 saturated carbocycles. The second-order valence-electron chi connectivity index (χ2n) is 10.8. The Balaban J connectivity index is 1.28. The fraction of sp³-hybridized carbons (Fsp3) is 0.212. The Kier molecular flexibility index (Phi) is 4.56. The molecule has 8 rings (SSSR count). The van der Waals surface area contributed by atoms with Gasteiger partial charge in [0.2, 0.25) is 11.8 Å². The van der Waals surface area contributed by atoms with Crippen molar-refractivity contribution < 1.29 is 14.3 Å². The molecule has 4 aromatic carbocycles. The fourth-order valence-electron chi connectivity index (χ4n) is 6.97. The van der Waals surface area contributed by atoms with Crippen LogP contribution in [-0.4, -0.2) is 11.8 Å². The molecule has 0 radical (unpaired) electrons. The first kappa shape index (κ1) is 22.1. The Morgan fingerprint density at radius 3 is 1.97 bits per heavy atom. The molecule has 4 aromatic rings. The third kappa shape index (κ3) is 2.90. The molecule has 4 nitrogen and oxygen atoms in total. The molecule has 1 saturated heterocycles. The summed E-state index contributed by atoms with van der Waals surface area (Å²) in [6, 6.07) is 30.1. The fourth-order valence-corrected chi connectivity index (χ4v) is 6.97. The SMILES string of the molecule is Cc1ccc(C)c(Oc2ccc(N3C(=O)C4C5c6ccccc6C(c6ccccc65)C4(C)C3=O)cc2)c1. The number of rotatable bonds is 3. The van der Waals surface area contributed by atoms with Gasteiger partial charge >= 0.3 is 0 Å². The number of carbonyl (C=O) groups is 2. The zero-order valence-corrected chi connectivity index (χ0v) is 21.1. The topological polar surface area (TPSA) is 46.6 Å². The molecule has 2 unspecified atom stereocenters. The van der Waals surface area contributed by atoms with Crippen LogP contribution in [0.25, 0.3) is 0 Å². The third-order valence-corrected chi connectivity index (χ3v) is 8.68. The van der Waals surface area contributed by atoms with Crippen molar-refractivity contribution in [3.8, 4) is 11.5 Å². The number of anilines is 1. The number of hydrogen-bond acceptors (Lipinski definition) is 3. The maximum atomic E-state index is 14.2. The summed E-state index contributed by atoms with van der Waals surface area (Å²) in [6.07, 6.45) is 0. The lowest BCUT2D eigenvalue weighted by Crippen LogP contribution is -2.49. The average molecular weight is 486 g/mol. The van der Waals surface area contributed by atoms with Gasteiger partial charge < -0.3 is 4.74 Å². The summed E-state index contributed by atoms with van der Waals surface area (Å²) in [4.78, 5) is 29.7. The van der Waals surface area contributed by atoms with Crippen molar-refractivity contribution in [2.24, 2.45) is 11.3 Å². The van der Waals surface area contributed by atoms with E-state index in [1.165, 1.54) is 27.2 Å². The van der Waals surface area contributed by atoms with E-state index in [2.05, 4.69) is 30.3 Å². The first-order valence-electron chi connectivity index (χ1n) is 12.8. The summed E-state index contributed by atoms with van der Waals surface area (Å²) < 4.78 is 6.12. The quantitative estimate of drug-likeness (QED) is 0.297. The van der Waals surface area contributed by atoms with Gasteiger partial charge in [-0.05, 0) is 84.5 Å². The number of benzene rings is 4. The van der Waals surface area contributed by atoms with Crippen LogP contribution >= 0.6 is 0 Å². The number of imide groups is 1. The van der Waals surface area contributed by atoms with Crippen LogP contribution in [-0.2, 0) is 9.59 Å². The largest absolute Gasteiger partial charge is 0.457 e. The van der Waals surface area contributed by atoms with Crippen molar-refractivity contribution in [2.75, 3.05) is 4.90 Å². The van der Waals surface area contributed by atoms with Crippen LogP contribution in [0, 0.1) is 25.2 Å². The predicted molar refractivity (Wildman–Crippen MR) is 143 cm³/mol. The zero-order valence-electron chi connectivity index (χ0n) is 21.1. The van der Waals surface area contributed by atoms with Gasteiger partial charge in [-0.1, -0.05) is 60.7 Å². The lowest BCUT2D eigenvalue weighted by Gasteiger charge is -2.51. The minimum atomic E-state index is -0.835. The summed E-state index contributed by atoms with van der Waals surface area (Å²) >= 11 is 0. The van der Waals surface area contributed by atoms with E-state index >= 15 is 0 Å². The predicted octanol–water partition coefficient (Wildman–Crippen LogP) is 6.88. The second kappa shape index (κ2) is 7.66. The highest BCUT2D eigenvalue weighted by Crippen LogP contribution is 2.67. The Bertz CT molecular complexity index is 1560. The molecule has 0 aromatic heterocycles. The summed E-state index contributed by atoms with van der Waals surface area (Å²) in [6.45, 7) is 6.04. The van der Waals surface area contributed by atoms with Gasteiger partial charge in [0, 0.05) is 11.8 Å². The van der Waals surface area contributed by atoms with Crippen LogP contribution in [0.5, 0.6) is 11.5 Å². The Labute approximate surface area is 216 Å². The second-order valence-corrected chi connectivity index (χ2v) is 10.8. The van der Waals surface area contributed by atoms with Crippen molar-refractivity contribution in [3.63, 3.8) is 0 Å². The summed E-state index contributed by atoms with van der Waals surface area (Å²) in [5, 5.41) is 0. The van der Waals surface area contributed by atoms with Gasteiger partial charge in [-0.25, -0.2) is 4.90 Å². The van der Waals surface area contributed by atoms with Crippen molar-refractivity contribution >= 4 is 17.5 Å². The monoisotopic (exact) mass is 485 g/mol. The summed E-state index contributed by atoms with van der Waals surface area (Å²) in [5.74, 6) is 0.519. The Morgan fingerprint density at radius 2 is 1.35 bits per heavy atom. The Hall–Kier alpha value is -4.18. The number of ether oxygens (including phenoxy) is 1. The molecular weight excluding hydrogens is 458 g/mol. The van der Waals surface area contributed by atoms with Crippen LogP contribution in [0.3, 0.4) is 0 Å². The summed E-state index contributed by atoms with van der Waals surface area (Å²) in [7, 11) is 0. The number of aryl methyl sites for hydroxylation is 2. The molecule has 4 heteroatoms.